The molecule has 3 N–H and O–H groups in total. The molecule has 8 heteroatoms. The molecule has 1 aromatic heterocycles. The summed E-state index contributed by atoms with van der Waals surface area (Å²) < 4.78 is 0. The Morgan fingerprint density at radius 1 is 1.20 bits per heavy atom. The van der Waals surface area contributed by atoms with E-state index in [0.717, 1.165) is 28.2 Å². The number of aromatic amines is 1. The van der Waals surface area contributed by atoms with Crippen LogP contribution in [0.5, 0.6) is 0 Å². The van der Waals surface area contributed by atoms with Gasteiger partial charge in [-0.05, 0) is 61.4 Å². The van der Waals surface area contributed by atoms with Gasteiger partial charge in [0.1, 0.15) is 5.48 Å². The van der Waals surface area contributed by atoms with Gasteiger partial charge >= 0.3 is 5.97 Å². The molecule has 0 saturated carbocycles. The number of benzene rings is 2. The summed E-state index contributed by atoms with van der Waals surface area (Å²) in [5.74, 6) is -0.486. The Labute approximate surface area is 172 Å². The number of nitrogens with one attached hydrogen (secondary N) is 2. The third-order valence-electron chi connectivity index (χ3n) is 5.09. The lowest BCUT2D eigenvalue weighted by Gasteiger charge is -2.28. The fourth-order valence-electron chi connectivity index (χ4n) is 3.38. The van der Waals surface area contributed by atoms with Crippen molar-refractivity contribution < 1.29 is 9.90 Å². The molecule has 0 spiro atoms. The number of anilines is 3. The first-order valence-corrected chi connectivity index (χ1v) is 9.47. The predicted octanol–water partition coefficient (Wildman–Crippen LogP) is 2.01. The van der Waals surface area contributed by atoms with Crippen molar-refractivity contribution in [3.63, 3.8) is 0 Å². The largest absolute Gasteiger partial charge is 0.478 e. The van der Waals surface area contributed by atoms with Crippen LogP contribution in [0.3, 0.4) is 0 Å². The first-order valence-electron chi connectivity index (χ1n) is 9.47. The van der Waals surface area contributed by atoms with Crippen LogP contribution in [-0.4, -0.2) is 34.1 Å². The molecule has 30 heavy (non-hydrogen) atoms. The van der Waals surface area contributed by atoms with Crippen LogP contribution < -0.4 is 26.6 Å². The van der Waals surface area contributed by atoms with Crippen LogP contribution in [0.4, 0.5) is 22.9 Å². The highest BCUT2D eigenvalue weighted by Crippen LogP contribution is 2.36. The maximum atomic E-state index is 12.5. The van der Waals surface area contributed by atoms with Crippen LogP contribution in [0.25, 0.3) is 6.58 Å². The standard InChI is InChI=1S/C22H21N5O3/c1-12-10-17-18(11-13(12)2)27(20-19(26-17)21(28)25-14(3)24-20)9-8-23-16-6-4-15(5-7-16)22(29)30/h4-7,10-11,23H,3,8-9H2,1-2H3,(H,25,28)(H,29,30). The highest BCUT2D eigenvalue weighted by molar-refractivity contribution is 5.88. The smallest absolute Gasteiger partial charge is 0.335 e. The van der Waals surface area contributed by atoms with E-state index < -0.39 is 5.97 Å². The number of nitrogens with zero attached hydrogens (tertiary/aromatic N) is 3. The van der Waals surface area contributed by atoms with E-state index in [1.807, 2.05) is 30.9 Å². The first-order chi connectivity index (χ1) is 14.3. The van der Waals surface area contributed by atoms with Gasteiger partial charge in [0, 0.05) is 18.8 Å². The van der Waals surface area contributed by atoms with Crippen LogP contribution >= 0.6 is 0 Å². The van der Waals surface area contributed by atoms with Gasteiger partial charge in [0.15, 0.2) is 11.2 Å². The number of carboxylic acid groups (broad SMARTS) is 1. The lowest BCUT2D eigenvalue weighted by Crippen LogP contribution is -2.43. The average molecular weight is 403 g/mol. The quantitative estimate of drug-likeness (QED) is 0.601. The van der Waals surface area contributed by atoms with Gasteiger partial charge in [0.05, 0.1) is 16.9 Å². The number of carboxylic acids is 1. The molecule has 0 unspecified atom stereocenters. The third-order valence-corrected chi connectivity index (χ3v) is 5.09. The number of aromatic carboxylic acids is 1. The molecule has 0 bridgehead atoms. The van der Waals surface area contributed by atoms with Gasteiger partial charge in [0.2, 0.25) is 0 Å². The minimum absolute atomic E-state index is 0.235. The fourth-order valence-corrected chi connectivity index (χ4v) is 3.38. The molecule has 0 aliphatic carbocycles. The van der Waals surface area contributed by atoms with Crippen molar-refractivity contribution in [3.8, 4) is 0 Å². The van der Waals surface area contributed by atoms with Crippen molar-refractivity contribution in [3.05, 3.63) is 74.3 Å². The second kappa shape index (κ2) is 7.47. The summed E-state index contributed by atoms with van der Waals surface area (Å²) in [7, 11) is 0. The first kappa shape index (κ1) is 19.4. The van der Waals surface area contributed by atoms with E-state index in [0.29, 0.717) is 18.9 Å². The molecular weight excluding hydrogens is 382 g/mol. The van der Waals surface area contributed by atoms with E-state index in [2.05, 4.69) is 26.9 Å². The molecule has 1 aliphatic rings. The second-order valence-corrected chi connectivity index (χ2v) is 7.18. The summed E-state index contributed by atoms with van der Waals surface area (Å²) in [4.78, 5) is 37.0. The summed E-state index contributed by atoms with van der Waals surface area (Å²) in [6.45, 7) is 8.87. The molecular formula is C22H21N5O3. The van der Waals surface area contributed by atoms with Crippen molar-refractivity contribution in [2.24, 2.45) is 4.99 Å². The highest BCUT2D eigenvalue weighted by atomic mass is 16.4. The zero-order valence-corrected chi connectivity index (χ0v) is 16.7. The van der Waals surface area contributed by atoms with Gasteiger partial charge in [-0.2, -0.15) is 0 Å². The Kier molecular flexibility index (Phi) is 4.83. The topological polar surface area (TPSA) is 111 Å². The van der Waals surface area contributed by atoms with Crippen molar-refractivity contribution in [2.45, 2.75) is 13.8 Å². The van der Waals surface area contributed by atoms with E-state index in [4.69, 9.17) is 5.11 Å². The van der Waals surface area contributed by atoms with E-state index in [-0.39, 0.29) is 22.0 Å². The van der Waals surface area contributed by atoms with Crippen LogP contribution in [0.15, 0.2) is 46.2 Å². The summed E-state index contributed by atoms with van der Waals surface area (Å²) in [5.41, 5.74) is 4.81. The second-order valence-electron chi connectivity index (χ2n) is 7.18. The number of hydrogen-bond acceptors (Lipinski definition) is 6. The van der Waals surface area contributed by atoms with E-state index >= 15 is 0 Å². The summed E-state index contributed by atoms with van der Waals surface area (Å²) in [6.07, 6.45) is 0. The maximum absolute atomic E-state index is 12.5. The van der Waals surface area contributed by atoms with Gasteiger partial charge in [-0.3, -0.25) is 4.79 Å². The lowest BCUT2D eigenvalue weighted by molar-refractivity contribution is 0.0697. The van der Waals surface area contributed by atoms with E-state index in [1.54, 1.807) is 24.3 Å². The Hall–Kier alpha value is -3.94. The minimum atomic E-state index is -0.960. The highest BCUT2D eigenvalue weighted by Gasteiger charge is 2.23. The summed E-state index contributed by atoms with van der Waals surface area (Å²) in [6, 6.07) is 10.6. The number of fused-ring (bicyclic) bond motifs is 2. The number of aryl methyl sites for hydroxylation is 2. The van der Waals surface area contributed by atoms with E-state index in [1.165, 1.54) is 0 Å². The predicted molar refractivity (Wildman–Crippen MR) is 116 cm³/mol. The number of aromatic nitrogens is 2. The molecule has 3 aromatic rings. The van der Waals surface area contributed by atoms with Gasteiger partial charge in [0.25, 0.3) is 5.56 Å². The van der Waals surface area contributed by atoms with Gasteiger partial charge in [-0.15, -0.1) is 0 Å². The summed E-state index contributed by atoms with van der Waals surface area (Å²) >= 11 is 0. The number of H-pyrrole nitrogens is 1. The molecule has 0 amide bonds. The molecule has 2 aromatic carbocycles. The van der Waals surface area contributed by atoms with Crippen LogP contribution in [0.1, 0.15) is 21.5 Å². The van der Waals surface area contributed by atoms with Gasteiger partial charge in [-0.1, -0.05) is 6.58 Å². The number of rotatable bonds is 5. The van der Waals surface area contributed by atoms with Crippen LogP contribution in [-0.2, 0) is 0 Å². The Balaban J connectivity index is 1.66. The van der Waals surface area contributed by atoms with Crippen LogP contribution in [0, 0.1) is 13.8 Å². The molecule has 0 saturated heterocycles. The molecule has 0 fully saturated rings. The Morgan fingerprint density at radius 3 is 2.60 bits per heavy atom. The monoisotopic (exact) mass is 403 g/mol. The normalized spacial score (nSPS) is 12.0. The number of carbonyl (C=O) groups is 1. The Bertz CT molecular complexity index is 1310. The maximum Gasteiger partial charge on any atom is 0.335 e. The Morgan fingerprint density at radius 2 is 1.90 bits per heavy atom. The summed E-state index contributed by atoms with van der Waals surface area (Å²) in [5, 5.41) is 12.6. The fraction of sp³-hybridized carbons (Fsp3) is 0.182. The van der Waals surface area contributed by atoms with Crippen LogP contribution in [0.2, 0.25) is 0 Å². The van der Waals surface area contributed by atoms with Gasteiger partial charge in [-0.25, -0.2) is 14.8 Å². The average Bonchev–Trinajstić information content (AvgIpc) is 2.70. The van der Waals surface area contributed by atoms with Crippen molar-refractivity contribution in [2.75, 3.05) is 23.3 Å². The molecule has 1 aliphatic heterocycles. The van der Waals surface area contributed by atoms with Crippen molar-refractivity contribution in [1.82, 2.24) is 9.97 Å². The lowest BCUT2D eigenvalue weighted by atomic mass is 10.1. The van der Waals surface area contributed by atoms with Crippen molar-refractivity contribution >= 4 is 35.4 Å². The molecule has 2 heterocycles. The van der Waals surface area contributed by atoms with Gasteiger partial charge < -0.3 is 20.3 Å². The SMILES string of the molecule is C=c1nc2c(c(=O)[nH]1)=Nc1cc(C)c(C)cc1N2CCNc1ccc(C(=O)O)cc1. The molecule has 152 valence electrons. The number of hydrogen-bond donors (Lipinski definition) is 3. The van der Waals surface area contributed by atoms with Crippen molar-refractivity contribution in [1.29, 1.82) is 0 Å². The zero-order chi connectivity index (χ0) is 21.4. The molecule has 4 rings (SSSR count). The third kappa shape index (κ3) is 3.55. The molecule has 0 radical (unpaired) electrons. The minimum Gasteiger partial charge on any atom is -0.478 e. The van der Waals surface area contributed by atoms with E-state index in [9.17, 15) is 9.59 Å². The zero-order valence-electron chi connectivity index (χ0n) is 16.7. The molecule has 0 atom stereocenters. The molecule has 8 nitrogen and oxygen atoms in total.